The number of carboxylic acids is 2. The summed E-state index contributed by atoms with van der Waals surface area (Å²) in [4.78, 5) is 32.2. The maximum atomic E-state index is 12.2. The van der Waals surface area contributed by atoms with Crippen molar-refractivity contribution in [1.82, 2.24) is 4.90 Å². The van der Waals surface area contributed by atoms with Crippen LogP contribution in [0.2, 0.25) is 5.02 Å². The largest absolute Gasteiger partial charge is 0.543 e. The third-order valence-electron chi connectivity index (χ3n) is 3.85. The summed E-state index contributed by atoms with van der Waals surface area (Å²) < 4.78 is 5.52. The Morgan fingerprint density at radius 3 is 2.12 bits per heavy atom. The predicted octanol–water partition coefficient (Wildman–Crippen LogP) is -1.46. The van der Waals surface area contributed by atoms with E-state index >= 15 is 0 Å². The summed E-state index contributed by atoms with van der Waals surface area (Å²) >= 11 is 5.83. The molecule has 2 rings (SSSR count). The van der Waals surface area contributed by atoms with E-state index in [1.165, 1.54) is 0 Å². The lowest BCUT2D eigenvalue weighted by Gasteiger charge is -2.29. The van der Waals surface area contributed by atoms with E-state index in [1.54, 1.807) is 24.3 Å². The van der Waals surface area contributed by atoms with Crippen molar-refractivity contribution in [2.24, 2.45) is 0 Å². The number of aliphatic hydroxyl groups excluding tert-OH is 1. The van der Waals surface area contributed by atoms with Gasteiger partial charge in [0.05, 0.1) is 18.5 Å². The molecule has 26 heavy (non-hydrogen) atoms. The van der Waals surface area contributed by atoms with E-state index in [9.17, 15) is 9.90 Å². The smallest absolute Gasteiger partial charge is 0.316 e. The van der Waals surface area contributed by atoms with Gasteiger partial charge in [0.2, 0.25) is 0 Å². The standard InChI is InChI=1S/C15H20ClNO3.C2H2O4/c1-17-8-6-13(7-9-17)20-15(19)14(10-18)11-2-4-12(16)5-3-11;3-1(4)2(5)6/h2-5,13-14,18H,6-10H2,1H3;(H,3,4)(H,5,6)/p-2. The van der Waals surface area contributed by atoms with Crippen LogP contribution in [0.5, 0.6) is 0 Å². The molecule has 1 aromatic carbocycles. The van der Waals surface area contributed by atoms with Crippen LogP contribution in [-0.4, -0.2) is 60.8 Å². The SMILES string of the molecule is CN1CCC(OC(=O)C(CO)c2ccc(Cl)cc2)CC1.O=C([O-])C(=O)[O-]. The Morgan fingerprint density at radius 2 is 1.69 bits per heavy atom. The number of carbonyl (C=O) groups is 3. The number of esters is 1. The highest BCUT2D eigenvalue weighted by Gasteiger charge is 2.26. The minimum Gasteiger partial charge on any atom is -0.543 e. The number of piperidine rings is 1. The number of ether oxygens (including phenoxy) is 1. The van der Waals surface area contributed by atoms with Gasteiger partial charge in [0.15, 0.2) is 0 Å². The molecule has 1 aromatic rings. The first-order valence-corrected chi connectivity index (χ1v) is 8.30. The van der Waals surface area contributed by atoms with Gasteiger partial charge in [-0.3, -0.25) is 4.79 Å². The summed E-state index contributed by atoms with van der Waals surface area (Å²) in [6, 6.07) is 6.92. The van der Waals surface area contributed by atoms with Crippen molar-refractivity contribution in [3.05, 3.63) is 34.9 Å². The van der Waals surface area contributed by atoms with Crippen molar-refractivity contribution in [1.29, 1.82) is 0 Å². The van der Waals surface area contributed by atoms with Gasteiger partial charge in [-0.1, -0.05) is 23.7 Å². The van der Waals surface area contributed by atoms with Crippen LogP contribution in [-0.2, 0) is 19.1 Å². The van der Waals surface area contributed by atoms with Crippen LogP contribution in [0.1, 0.15) is 24.3 Å². The lowest BCUT2D eigenvalue weighted by molar-refractivity contribution is -0.345. The second-order valence-corrected chi connectivity index (χ2v) is 6.24. The number of rotatable bonds is 4. The molecule has 144 valence electrons. The average Bonchev–Trinajstić information content (AvgIpc) is 2.60. The zero-order valence-corrected chi connectivity index (χ0v) is 15.0. The number of carbonyl (C=O) groups excluding carboxylic acids is 3. The zero-order chi connectivity index (χ0) is 19.7. The molecule has 1 fully saturated rings. The Morgan fingerprint density at radius 1 is 1.19 bits per heavy atom. The third-order valence-corrected chi connectivity index (χ3v) is 4.11. The summed E-state index contributed by atoms with van der Waals surface area (Å²) in [7, 11) is 2.06. The molecule has 1 N–H and O–H groups in total. The highest BCUT2D eigenvalue weighted by molar-refractivity contribution is 6.30. The Labute approximate surface area is 155 Å². The summed E-state index contributed by atoms with van der Waals surface area (Å²) in [5.74, 6) is -5.36. The highest BCUT2D eigenvalue weighted by Crippen LogP contribution is 2.22. The van der Waals surface area contributed by atoms with Crippen LogP contribution in [0.25, 0.3) is 0 Å². The number of hydrogen-bond acceptors (Lipinski definition) is 8. The van der Waals surface area contributed by atoms with Crippen molar-refractivity contribution in [2.75, 3.05) is 26.7 Å². The summed E-state index contributed by atoms with van der Waals surface area (Å²) in [5, 5.41) is 27.9. The molecule has 0 saturated carbocycles. The van der Waals surface area contributed by atoms with Crippen LogP contribution in [0.4, 0.5) is 0 Å². The average molecular weight is 386 g/mol. The maximum Gasteiger partial charge on any atom is 0.316 e. The Kier molecular flexibility index (Phi) is 9.04. The molecule has 1 atom stereocenters. The number of hydrogen-bond donors (Lipinski definition) is 1. The number of nitrogens with zero attached hydrogens (tertiary/aromatic N) is 1. The van der Waals surface area contributed by atoms with Crippen LogP contribution < -0.4 is 10.2 Å². The molecule has 0 amide bonds. The first-order valence-electron chi connectivity index (χ1n) is 7.92. The molecule has 1 aliphatic rings. The van der Waals surface area contributed by atoms with Gasteiger partial charge >= 0.3 is 5.97 Å². The topological polar surface area (TPSA) is 130 Å². The van der Waals surface area contributed by atoms with Crippen molar-refractivity contribution in [3.63, 3.8) is 0 Å². The van der Waals surface area contributed by atoms with Gasteiger partial charge in [0.1, 0.15) is 12.0 Å². The first-order chi connectivity index (χ1) is 12.2. The van der Waals surface area contributed by atoms with Crippen LogP contribution >= 0.6 is 11.6 Å². The molecule has 0 aliphatic carbocycles. The van der Waals surface area contributed by atoms with Crippen molar-refractivity contribution >= 4 is 29.5 Å². The number of carboxylic acid groups (broad SMARTS) is 2. The van der Waals surface area contributed by atoms with Gasteiger partial charge in [0.25, 0.3) is 0 Å². The molecular weight excluding hydrogens is 366 g/mol. The lowest BCUT2D eigenvalue weighted by atomic mass is 10.00. The Hall–Kier alpha value is -2.16. The van der Waals surface area contributed by atoms with Gasteiger partial charge < -0.3 is 34.5 Å². The lowest BCUT2D eigenvalue weighted by Crippen LogP contribution is -2.42. The summed E-state index contributed by atoms with van der Waals surface area (Å²) in [6.07, 6.45) is 1.65. The fourth-order valence-corrected chi connectivity index (χ4v) is 2.49. The second kappa shape index (κ2) is 10.7. The molecule has 1 unspecified atom stereocenters. The van der Waals surface area contributed by atoms with Gasteiger partial charge in [-0.15, -0.1) is 0 Å². The minimum absolute atomic E-state index is 0.0416. The molecule has 0 radical (unpaired) electrons. The number of likely N-dealkylation sites (tertiary alicyclic amines) is 1. The summed E-state index contributed by atoms with van der Waals surface area (Å²) in [5.41, 5.74) is 0.731. The minimum atomic E-state index is -2.19. The molecule has 9 heteroatoms. The first kappa shape index (κ1) is 21.9. The van der Waals surface area contributed by atoms with Gasteiger partial charge in [0, 0.05) is 18.1 Å². The van der Waals surface area contributed by atoms with Crippen LogP contribution in [0.15, 0.2) is 24.3 Å². The fourth-order valence-electron chi connectivity index (χ4n) is 2.36. The molecule has 0 bridgehead atoms. The Bertz CT molecular complexity index is 600. The molecule has 1 heterocycles. The number of aliphatic carboxylic acids is 2. The van der Waals surface area contributed by atoms with E-state index in [4.69, 9.17) is 36.1 Å². The maximum absolute atomic E-state index is 12.2. The number of benzene rings is 1. The monoisotopic (exact) mass is 385 g/mol. The van der Waals surface area contributed by atoms with E-state index in [2.05, 4.69) is 11.9 Å². The highest BCUT2D eigenvalue weighted by atomic mass is 35.5. The predicted molar refractivity (Wildman–Crippen MR) is 87.9 cm³/mol. The molecule has 8 nitrogen and oxygen atoms in total. The third kappa shape index (κ3) is 7.38. The normalized spacial score (nSPS) is 16.1. The summed E-state index contributed by atoms with van der Waals surface area (Å²) in [6.45, 7) is 1.61. The van der Waals surface area contributed by atoms with E-state index < -0.39 is 17.9 Å². The van der Waals surface area contributed by atoms with E-state index in [0.717, 1.165) is 31.5 Å². The molecule has 0 spiro atoms. The zero-order valence-electron chi connectivity index (χ0n) is 14.2. The quantitative estimate of drug-likeness (QED) is 0.491. The van der Waals surface area contributed by atoms with Crippen molar-refractivity contribution in [3.8, 4) is 0 Å². The van der Waals surface area contributed by atoms with Crippen molar-refractivity contribution < 1.29 is 34.4 Å². The van der Waals surface area contributed by atoms with Gasteiger partial charge in [-0.25, -0.2) is 0 Å². The number of halogens is 1. The van der Waals surface area contributed by atoms with E-state index in [-0.39, 0.29) is 18.7 Å². The molecule has 1 saturated heterocycles. The van der Waals surface area contributed by atoms with Gasteiger partial charge in [-0.2, -0.15) is 0 Å². The van der Waals surface area contributed by atoms with E-state index in [0.29, 0.717) is 5.02 Å². The fraction of sp³-hybridized carbons (Fsp3) is 0.471. The van der Waals surface area contributed by atoms with Crippen LogP contribution in [0.3, 0.4) is 0 Å². The second-order valence-electron chi connectivity index (χ2n) is 5.80. The van der Waals surface area contributed by atoms with Crippen molar-refractivity contribution in [2.45, 2.75) is 24.9 Å². The van der Waals surface area contributed by atoms with Crippen LogP contribution in [0, 0.1) is 0 Å². The van der Waals surface area contributed by atoms with E-state index in [1.807, 2.05) is 0 Å². The molecule has 0 aromatic heterocycles. The molecular formula is C17H20ClNO7-2. The number of aliphatic hydroxyl groups is 1. The van der Waals surface area contributed by atoms with Gasteiger partial charge in [-0.05, 0) is 37.6 Å². The Balaban J connectivity index is 0.000000487. The molecule has 1 aliphatic heterocycles.